The maximum atomic E-state index is 13.7. The lowest BCUT2D eigenvalue weighted by Gasteiger charge is -2.20. The highest BCUT2D eigenvalue weighted by atomic mass is 19.1. The van der Waals surface area contributed by atoms with Crippen LogP contribution in [-0.2, 0) is 19.5 Å². The molecule has 28 heavy (non-hydrogen) atoms. The van der Waals surface area contributed by atoms with Gasteiger partial charge >= 0.3 is 0 Å². The van der Waals surface area contributed by atoms with Crippen molar-refractivity contribution < 1.29 is 4.39 Å². The smallest absolute Gasteiger partial charge is 0.123 e. The molecule has 3 aromatic carbocycles. The summed E-state index contributed by atoms with van der Waals surface area (Å²) in [6, 6.07) is 23.9. The second-order valence-corrected chi connectivity index (χ2v) is 7.65. The van der Waals surface area contributed by atoms with Crippen LogP contribution in [0.2, 0.25) is 0 Å². The number of hydrogen-bond donors (Lipinski definition) is 1. The van der Waals surface area contributed by atoms with Crippen molar-refractivity contribution in [3.8, 4) is 11.1 Å². The molecule has 0 fully saturated rings. The van der Waals surface area contributed by atoms with E-state index >= 15 is 0 Å². The Morgan fingerprint density at radius 2 is 1.75 bits per heavy atom. The van der Waals surface area contributed by atoms with Crippen molar-refractivity contribution in [2.75, 3.05) is 6.54 Å². The molecule has 2 nitrogen and oxygen atoms in total. The van der Waals surface area contributed by atoms with E-state index < -0.39 is 0 Å². The van der Waals surface area contributed by atoms with Crippen LogP contribution in [0, 0.1) is 5.82 Å². The van der Waals surface area contributed by atoms with Gasteiger partial charge in [-0.15, -0.1) is 0 Å². The Bertz CT molecular complexity index is 1110. The van der Waals surface area contributed by atoms with Gasteiger partial charge in [0.2, 0.25) is 0 Å². The zero-order valence-corrected chi connectivity index (χ0v) is 15.8. The second kappa shape index (κ2) is 7.25. The average Bonchev–Trinajstić information content (AvgIpc) is 2.92. The molecule has 0 unspecified atom stereocenters. The summed E-state index contributed by atoms with van der Waals surface area (Å²) in [5.41, 5.74) is 7.25. The molecule has 0 atom stereocenters. The minimum Gasteiger partial charge on any atom is -0.358 e. The van der Waals surface area contributed by atoms with Gasteiger partial charge < -0.3 is 4.98 Å². The van der Waals surface area contributed by atoms with Crippen LogP contribution >= 0.6 is 0 Å². The van der Waals surface area contributed by atoms with Crippen molar-refractivity contribution >= 4 is 10.9 Å². The molecule has 3 heteroatoms. The lowest BCUT2D eigenvalue weighted by atomic mass is 10.0. The molecule has 0 bridgehead atoms. The van der Waals surface area contributed by atoms with Crippen LogP contribution in [-0.4, -0.2) is 16.4 Å². The van der Waals surface area contributed by atoms with Crippen molar-refractivity contribution in [1.82, 2.24) is 9.88 Å². The van der Waals surface area contributed by atoms with E-state index in [-0.39, 0.29) is 5.82 Å². The number of fused-ring (bicyclic) bond motifs is 3. The summed E-state index contributed by atoms with van der Waals surface area (Å²) in [4.78, 5) is 6.16. The Balaban J connectivity index is 1.51. The molecule has 1 N–H and O–H groups in total. The summed E-state index contributed by atoms with van der Waals surface area (Å²) in [7, 11) is 0. The molecule has 0 aliphatic carbocycles. The maximum Gasteiger partial charge on any atom is 0.123 e. The highest BCUT2D eigenvalue weighted by molar-refractivity contribution is 5.89. The zero-order chi connectivity index (χ0) is 18.9. The quantitative estimate of drug-likeness (QED) is 0.474. The van der Waals surface area contributed by atoms with Gasteiger partial charge in [0.25, 0.3) is 0 Å². The molecule has 0 spiro atoms. The molecule has 0 radical (unpaired) electrons. The first-order chi connectivity index (χ1) is 13.8. The molecule has 4 aromatic rings. The van der Waals surface area contributed by atoms with Crippen LogP contribution in [0.15, 0.2) is 72.8 Å². The Morgan fingerprint density at radius 1 is 0.893 bits per heavy atom. The largest absolute Gasteiger partial charge is 0.358 e. The van der Waals surface area contributed by atoms with E-state index in [1.807, 2.05) is 6.07 Å². The number of hydrogen-bond acceptors (Lipinski definition) is 1. The normalized spacial score (nSPS) is 14.8. The molecule has 5 rings (SSSR count). The van der Waals surface area contributed by atoms with Crippen LogP contribution in [0.5, 0.6) is 0 Å². The van der Waals surface area contributed by atoms with E-state index in [1.54, 1.807) is 12.1 Å². The molecule has 0 amide bonds. The molecule has 0 saturated carbocycles. The Kier molecular flexibility index (Phi) is 4.46. The topological polar surface area (TPSA) is 19.0 Å². The third-order valence-electron chi connectivity index (χ3n) is 5.68. The summed E-state index contributed by atoms with van der Waals surface area (Å²) in [6.07, 6.45) is 2.23. The third-order valence-corrected chi connectivity index (χ3v) is 5.68. The monoisotopic (exact) mass is 370 g/mol. The van der Waals surface area contributed by atoms with Gasteiger partial charge in [-0.1, -0.05) is 48.5 Å². The van der Waals surface area contributed by atoms with Gasteiger partial charge in [0.15, 0.2) is 0 Å². The number of benzene rings is 3. The summed E-state index contributed by atoms with van der Waals surface area (Å²) in [6.45, 7) is 3.01. The van der Waals surface area contributed by atoms with E-state index in [2.05, 4.69) is 58.4 Å². The number of aryl methyl sites for hydroxylation is 1. The standard InChI is InChI=1S/C25H23FN2/c26-21-9-4-8-19(14-21)20-11-12-25-22(15-20)23-17-28(13-5-10-24(23)27-25)16-18-6-2-1-3-7-18/h1-4,6-9,11-12,14-15,27H,5,10,13,16-17H2. The lowest BCUT2D eigenvalue weighted by Crippen LogP contribution is -2.22. The van der Waals surface area contributed by atoms with Gasteiger partial charge in [0.1, 0.15) is 5.82 Å². The van der Waals surface area contributed by atoms with Crippen LogP contribution in [0.25, 0.3) is 22.0 Å². The van der Waals surface area contributed by atoms with E-state index in [9.17, 15) is 4.39 Å². The summed E-state index contributed by atoms with van der Waals surface area (Å²) < 4.78 is 13.7. The van der Waals surface area contributed by atoms with Crippen LogP contribution in [0.3, 0.4) is 0 Å². The van der Waals surface area contributed by atoms with Crippen LogP contribution in [0.1, 0.15) is 23.2 Å². The Morgan fingerprint density at radius 3 is 2.61 bits per heavy atom. The number of H-pyrrole nitrogens is 1. The van der Waals surface area contributed by atoms with Gasteiger partial charge in [-0.05, 0) is 65.9 Å². The molecule has 1 aromatic heterocycles. The third kappa shape index (κ3) is 3.34. The highest BCUT2D eigenvalue weighted by Gasteiger charge is 2.19. The first-order valence-electron chi connectivity index (χ1n) is 9.92. The number of nitrogens with one attached hydrogen (secondary N) is 1. The molecular weight excluding hydrogens is 347 g/mol. The SMILES string of the molecule is Fc1cccc(-c2ccc3[nH]c4c(c3c2)CN(Cc2ccccc2)CCC4)c1. The molecular formula is C25H23FN2. The van der Waals surface area contributed by atoms with Crippen molar-refractivity contribution in [3.63, 3.8) is 0 Å². The van der Waals surface area contributed by atoms with Gasteiger partial charge in [-0.2, -0.15) is 0 Å². The van der Waals surface area contributed by atoms with E-state index in [0.717, 1.165) is 43.6 Å². The molecule has 140 valence electrons. The lowest BCUT2D eigenvalue weighted by molar-refractivity contribution is 0.262. The first kappa shape index (κ1) is 17.2. The van der Waals surface area contributed by atoms with Crippen molar-refractivity contribution in [2.24, 2.45) is 0 Å². The van der Waals surface area contributed by atoms with E-state index in [1.165, 1.54) is 33.8 Å². The zero-order valence-electron chi connectivity index (χ0n) is 15.8. The second-order valence-electron chi connectivity index (χ2n) is 7.65. The number of rotatable bonds is 3. The molecule has 0 saturated heterocycles. The average molecular weight is 370 g/mol. The molecule has 1 aliphatic rings. The number of halogens is 1. The van der Waals surface area contributed by atoms with Crippen molar-refractivity contribution in [3.05, 3.63) is 95.4 Å². The van der Waals surface area contributed by atoms with Crippen LogP contribution in [0.4, 0.5) is 4.39 Å². The van der Waals surface area contributed by atoms with Gasteiger partial charge in [0, 0.05) is 29.7 Å². The molecule has 1 aliphatic heterocycles. The fraction of sp³-hybridized carbons (Fsp3) is 0.200. The number of aromatic nitrogens is 1. The summed E-state index contributed by atoms with van der Waals surface area (Å²) in [5, 5.41) is 1.26. The highest BCUT2D eigenvalue weighted by Crippen LogP contribution is 2.32. The van der Waals surface area contributed by atoms with Gasteiger partial charge in [-0.3, -0.25) is 4.90 Å². The summed E-state index contributed by atoms with van der Waals surface area (Å²) >= 11 is 0. The fourth-order valence-corrected chi connectivity index (χ4v) is 4.30. The maximum absolute atomic E-state index is 13.7. The van der Waals surface area contributed by atoms with E-state index in [4.69, 9.17) is 0 Å². The Labute approximate surface area is 164 Å². The van der Waals surface area contributed by atoms with Crippen molar-refractivity contribution in [1.29, 1.82) is 0 Å². The number of aromatic amines is 1. The first-order valence-corrected chi connectivity index (χ1v) is 9.92. The van der Waals surface area contributed by atoms with Gasteiger partial charge in [-0.25, -0.2) is 4.39 Å². The predicted molar refractivity (Wildman–Crippen MR) is 113 cm³/mol. The molecule has 2 heterocycles. The van der Waals surface area contributed by atoms with E-state index in [0.29, 0.717) is 0 Å². The Hall–Kier alpha value is -2.91. The minimum atomic E-state index is -0.195. The summed E-state index contributed by atoms with van der Waals surface area (Å²) in [5.74, 6) is -0.195. The van der Waals surface area contributed by atoms with Crippen molar-refractivity contribution in [2.45, 2.75) is 25.9 Å². The van der Waals surface area contributed by atoms with Crippen LogP contribution < -0.4 is 0 Å². The fourth-order valence-electron chi connectivity index (χ4n) is 4.30. The van der Waals surface area contributed by atoms with Gasteiger partial charge in [0.05, 0.1) is 0 Å². The number of nitrogens with zero attached hydrogens (tertiary/aromatic N) is 1. The minimum absolute atomic E-state index is 0.195. The predicted octanol–water partition coefficient (Wildman–Crippen LogP) is 5.92.